The van der Waals surface area contributed by atoms with Crippen molar-refractivity contribution in [2.24, 2.45) is 0 Å². The van der Waals surface area contributed by atoms with Gasteiger partial charge in [-0.2, -0.15) is 0 Å². The molecular weight excluding hydrogens is 458 g/mol. The highest BCUT2D eigenvalue weighted by atomic mass is 16.7. The summed E-state index contributed by atoms with van der Waals surface area (Å²) in [6, 6.07) is 14.6. The minimum atomic E-state index is -0.456. The summed E-state index contributed by atoms with van der Waals surface area (Å²) in [5, 5.41) is 11.0. The standard InChI is InChI=1S/C28H31N3O5/c32-27-23(16-31-8-7-21-3-1-2-4-22(21)15-31)18-34-28(33)24(27)17-30-11-9-29(10-12-30)14-20-5-6-25-26(13-20)36-19-35-25/h1-6,13,18,32H,7-12,14-17,19H2. The fourth-order valence-electron chi connectivity index (χ4n) is 5.35. The first-order chi connectivity index (χ1) is 17.6. The fraction of sp³-hybridized carbons (Fsp3) is 0.393. The van der Waals surface area contributed by atoms with Crippen LogP contribution in [0.15, 0.2) is 57.9 Å². The Labute approximate surface area is 210 Å². The van der Waals surface area contributed by atoms with E-state index in [1.165, 1.54) is 23.0 Å². The number of hydrogen-bond donors (Lipinski definition) is 1. The molecule has 0 amide bonds. The van der Waals surface area contributed by atoms with Crippen LogP contribution < -0.4 is 15.1 Å². The molecule has 3 aromatic rings. The number of hydrogen-bond acceptors (Lipinski definition) is 8. The number of ether oxygens (including phenoxy) is 2. The topological polar surface area (TPSA) is 78.6 Å². The molecule has 2 aromatic carbocycles. The molecule has 8 heteroatoms. The van der Waals surface area contributed by atoms with Crippen molar-refractivity contribution >= 4 is 0 Å². The van der Waals surface area contributed by atoms with Crippen molar-refractivity contribution in [3.8, 4) is 17.2 Å². The minimum Gasteiger partial charge on any atom is -0.507 e. The van der Waals surface area contributed by atoms with E-state index in [1.807, 2.05) is 12.1 Å². The van der Waals surface area contributed by atoms with Crippen LogP contribution >= 0.6 is 0 Å². The zero-order valence-corrected chi connectivity index (χ0v) is 20.3. The van der Waals surface area contributed by atoms with Crippen molar-refractivity contribution in [3.05, 3.63) is 87.0 Å². The van der Waals surface area contributed by atoms with Gasteiger partial charge in [-0.1, -0.05) is 30.3 Å². The molecule has 1 aromatic heterocycles. The predicted molar refractivity (Wildman–Crippen MR) is 134 cm³/mol. The van der Waals surface area contributed by atoms with E-state index < -0.39 is 5.63 Å². The highest BCUT2D eigenvalue weighted by Crippen LogP contribution is 2.33. The molecule has 6 rings (SSSR count). The van der Waals surface area contributed by atoms with Gasteiger partial charge in [-0.3, -0.25) is 14.7 Å². The third-order valence-electron chi connectivity index (χ3n) is 7.44. The van der Waals surface area contributed by atoms with Crippen LogP contribution in [0.25, 0.3) is 0 Å². The van der Waals surface area contributed by atoms with Crippen LogP contribution in [0.4, 0.5) is 0 Å². The highest BCUT2D eigenvalue weighted by molar-refractivity contribution is 5.44. The monoisotopic (exact) mass is 489 g/mol. The van der Waals surface area contributed by atoms with E-state index in [0.29, 0.717) is 24.2 Å². The average molecular weight is 490 g/mol. The molecule has 8 nitrogen and oxygen atoms in total. The average Bonchev–Trinajstić information content (AvgIpc) is 3.37. The van der Waals surface area contributed by atoms with Crippen LogP contribution in [-0.2, 0) is 32.6 Å². The zero-order valence-electron chi connectivity index (χ0n) is 20.3. The Kier molecular flexibility index (Phi) is 6.39. The maximum absolute atomic E-state index is 12.5. The van der Waals surface area contributed by atoms with Crippen molar-refractivity contribution in [3.63, 3.8) is 0 Å². The second-order valence-corrected chi connectivity index (χ2v) is 9.84. The smallest absolute Gasteiger partial charge is 0.343 e. The van der Waals surface area contributed by atoms with Gasteiger partial charge in [0.1, 0.15) is 12.0 Å². The van der Waals surface area contributed by atoms with Crippen LogP contribution in [0.5, 0.6) is 17.2 Å². The van der Waals surface area contributed by atoms with Crippen molar-refractivity contribution in [2.45, 2.75) is 32.6 Å². The Morgan fingerprint density at radius 2 is 1.56 bits per heavy atom. The summed E-state index contributed by atoms with van der Waals surface area (Å²) in [7, 11) is 0. The number of aromatic hydroxyl groups is 1. The van der Waals surface area contributed by atoms with Gasteiger partial charge in [0.2, 0.25) is 6.79 Å². The summed E-state index contributed by atoms with van der Waals surface area (Å²) >= 11 is 0. The first kappa shape index (κ1) is 23.1. The number of benzene rings is 2. The molecule has 0 aliphatic carbocycles. The third kappa shape index (κ3) is 4.84. The molecule has 188 valence electrons. The summed E-state index contributed by atoms with van der Waals surface area (Å²) in [5.74, 6) is 1.68. The third-order valence-corrected chi connectivity index (χ3v) is 7.44. The molecule has 0 spiro atoms. The number of piperazine rings is 1. The second kappa shape index (κ2) is 9.97. The van der Waals surface area contributed by atoms with Gasteiger partial charge in [0, 0.05) is 64.5 Å². The molecule has 3 aliphatic heterocycles. The van der Waals surface area contributed by atoms with E-state index in [0.717, 1.165) is 63.7 Å². The van der Waals surface area contributed by atoms with Gasteiger partial charge < -0.3 is 19.0 Å². The van der Waals surface area contributed by atoms with Gasteiger partial charge in [-0.05, 0) is 35.2 Å². The Bertz CT molecular complexity index is 1300. The fourth-order valence-corrected chi connectivity index (χ4v) is 5.35. The lowest BCUT2D eigenvalue weighted by molar-refractivity contribution is 0.120. The molecule has 0 bridgehead atoms. The molecule has 1 fully saturated rings. The molecule has 0 radical (unpaired) electrons. The highest BCUT2D eigenvalue weighted by Gasteiger charge is 2.24. The Balaban J connectivity index is 1.06. The summed E-state index contributed by atoms with van der Waals surface area (Å²) in [4.78, 5) is 19.4. The lowest BCUT2D eigenvalue weighted by Gasteiger charge is -2.34. The van der Waals surface area contributed by atoms with Gasteiger partial charge in [0.25, 0.3) is 0 Å². The Morgan fingerprint density at radius 3 is 2.39 bits per heavy atom. The van der Waals surface area contributed by atoms with E-state index in [1.54, 1.807) is 0 Å². The van der Waals surface area contributed by atoms with Crippen molar-refractivity contribution < 1.29 is 19.0 Å². The number of fused-ring (bicyclic) bond motifs is 2. The minimum absolute atomic E-state index is 0.0768. The quantitative estimate of drug-likeness (QED) is 0.566. The SMILES string of the molecule is O=c1occ(CN2CCc3ccccc3C2)c(O)c1CN1CCN(Cc2ccc3c(c2)OCO3)CC1. The molecule has 0 saturated carbocycles. The number of nitrogens with zero attached hydrogens (tertiary/aromatic N) is 3. The van der Waals surface area contributed by atoms with E-state index in [4.69, 9.17) is 13.9 Å². The first-order valence-corrected chi connectivity index (χ1v) is 12.6. The van der Waals surface area contributed by atoms with Gasteiger partial charge in [-0.25, -0.2) is 4.79 Å². The van der Waals surface area contributed by atoms with Gasteiger partial charge in [0.15, 0.2) is 11.5 Å². The van der Waals surface area contributed by atoms with Crippen LogP contribution in [0, 0.1) is 0 Å². The lowest BCUT2D eigenvalue weighted by Crippen LogP contribution is -2.45. The molecule has 1 N–H and O–H groups in total. The molecule has 0 atom stereocenters. The van der Waals surface area contributed by atoms with Crippen LogP contribution in [0.2, 0.25) is 0 Å². The molecular formula is C28H31N3O5. The van der Waals surface area contributed by atoms with Crippen LogP contribution in [0.3, 0.4) is 0 Å². The van der Waals surface area contributed by atoms with E-state index in [2.05, 4.69) is 45.0 Å². The number of rotatable bonds is 6. The summed E-state index contributed by atoms with van der Waals surface area (Å²) in [6.45, 7) is 7.21. The van der Waals surface area contributed by atoms with E-state index in [-0.39, 0.29) is 12.5 Å². The van der Waals surface area contributed by atoms with Crippen molar-refractivity contribution in [1.29, 1.82) is 0 Å². The lowest BCUT2D eigenvalue weighted by atomic mass is 9.99. The van der Waals surface area contributed by atoms with Gasteiger partial charge in [-0.15, -0.1) is 0 Å². The molecule has 4 heterocycles. The van der Waals surface area contributed by atoms with E-state index >= 15 is 0 Å². The first-order valence-electron chi connectivity index (χ1n) is 12.6. The zero-order chi connectivity index (χ0) is 24.5. The second-order valence-electron chi connectivity index (χ2n) is 9.84. The normalized spacial score (nSPS) is 18.3. The summed E-state index contributed by atoms with van der Waals surface area (Å²) in [5.41, 5.74) is 4.47. The predicted octanol–water partition coefficient (Wildman–Crippen LogP) is 2.95. The molecule has 0 unspecified atom stereocenters. The van der Waals surface area contributed by atoms with E-state index in [9.17, 15) is 9.90 Å². The van der Waals surface area contributed by atoms with Gasteiger partial charge in [0.05, 0.1) is 5.56 Å². The summed E-state index contributed by atoms with van der Waals surface area (Å²) < 4.78 is 16.3. The van der Waals surface area contributed by atoms with Crippen LogP contribution in [0.1, 0.15) is 27.8 Å². The molecule has 3 aliphatic rings. The Morgan fingerprint density at radius 1 is 0.806 bits per heavy atom. The molecule has 1 saturated heterocycles. The Hall–Kier alpha value is -3.33. The maximum Gasteiger partial charge on any atom is 0.343 e. The maximum atomic E-state index is 12.5. The largest absolute Gasteiger partial charge is 0.507 e. The summed E-state index contributed by atoms with van der Waals surface area (Å²) in [6.07, 6.45) is 2.40. The van der Waals surface area contributed by atoms with Crippen LogP contribution in [-0.4, -0.2) is 59.3 Å². The molecule has 36 heavy (non-hydrogen) atoms. The van der Waals surface area contributed by atoms with Crippen molar-refractivity contribution in [1.82, 2.24) is 14.7 Å². The van der Waals surface area contributed by atoms with Crippen molar-refractivity contribution in [2.75, 3.05) is 39.5 Å². The van der Waals surface area contributed by atoms with Gasteiger partial charge >= 0.3 is 5.63 Å².